The Morgan fingerprint density at radius 1 is 0.767 bits per heavy atom. The van der Waals surface area contributed by atoms with Gasteiger partial charge in [0.2, 0.25) is 11.7 Å². The van der Waals surface area contributed by atoms with E-state index in [4.69, 9.17) is 14.2 Å². The van der Waals surface area contributed by atoms with Crippen LogP contribution in [-0.2, 0) is 17.8 Å². The number of rotatable bonds is 9. The van der Waals surface area contributed by atoms with Crippen molar-refractivity contribution in [3.63, 3.8) is 0 Å². The van der Waals surface area contributed by atoms with Crippen molar-refractivity contribution in [2.24, 2.45) is 0 Å². The Hall–Kier alpha value is -3.47. The first-order chi connectivity index (χ1) is 14.7. The number of aryl methyl sites for hydroxylation is 1. The van der Waals surface area contributed by atoms with E-state index in [0.29, 0.717) is 36.6 Å². The molecule has 0 unspecified atom stereocenters. The molecule has 0 saturated carbocycles. The van der Waals surface area contributed by atoms with Gasteiger partial charge in [-0.3, -0.25) is 4.79 Å². The average molecular weight is 405 g/mol. The maximum Gasteiger partial charge on any atom is 0.227 e. The SMILES string of the molecule is COc1cc(CCC(=O)N(Cc2ccccc2)c2ccccc2)cc(OC)c1OC. The van der Waals surface area contributed by atoms with Gasteiger partial charge in [-0.15, -0.1) is 0 Å². The van der Waals surface area contributed by atoms with Crippen LogP contribution in [0.15, 0.2) is 72.8 Å². The molecule has 5 heteroatoms. The minimum absolute atomic E-state index is 0.0544. The molecule has 3 aromatic carbocycles. The van der Waals surface area contributed by atoms with Crippen molar-refractivity contribution in [2.75, 3.05) is 26.2 Å². The quantitative estimate of drug-likeness (QED) is 0.509. The lowest BCUT2D eigenvalue weighted by atomic mass is 10.1. The van der Waals surface area contributed by atoms with Crippen LogP contribution in [0, 0.1) is 0 Å². The maximum absolute atomic E-state index is 13.2. The molecule has 0 radical (unpaired) electrons. The normalized spacial score (nSPS) is 10.4. The van der Waals surface area contributed by atoms with Crippen LogP contribution >= 0.6 is 0 Å². The van der Waals surface area contributed by atoms with Gasteiger partial charge in [-0.25, -0.2) is 0 Å². The average Bonchev–Trinajstić information content (AvgIpc) is 2.81. The molecule has 0 aliphatic carbocycles. The molecule has 0 spiro atoms. The van der Waals surface area contributed by atoms with Crippen molar-refractivity contribution in [1.82, 2.24) is 0 Å². The Kier molecular flexibility index (Phi) is 7.33. The molecular weight excluding hydrogens is 378 g/mol. The highest BCUT2D eigenvalue weighted by Gasteiger charge is 2.18. The first-order valence-corrected chi connectivity index (χ1v) is 9.84. The zero-order valence-corrected chi connectivity index (χ0v) is 17.6. The van der Waals surface area contributed by atoms with Gasteiger partial charge in [0.05, 0.1) is 27.9 Å². The zero-order chi connectivity index (χ0) is 21.3. The molecule has 5 nitrogen and oxygen atoms in total. The summed E-state index contributed by atoms with van der Waals surface area (Å²) < 4.78 is 16.2. The summed E-state index contributed by atoms with van der Waals surface area (Å²) in [5.74, 6) is 1.77. The van der Waals surface area contributed by atoms with Crippen molar-refractivity contribution >= 4 is 11.6 Å². The number of nitrogens with zero attached hydrogens (tertiary/aromatic N) is 1. The van der Waals surface area contributed by atoms with Crippen LogP contribution in [-0.4, -0.2) is 27.2 Å². The molecule has 0 bridgehead atoms. The molecule has 3 aromatic rings. The minimum atomic E-state index is 0.0544. The van der Waals surface area contributed by atoms with Crippen molar-refractivity contribution in [3.8, 4) is 17.2 Å². The lowest BCUT2D eigenvalue weighted by Crippen LogP contribution is -2.30. The number of ether oxygens (including phenoxy) is 3. The third-order valence-electron chi connectivity index (χ3n) is 4.90. The van der Waals surface area contributed by atoms with Crippen LogP contribution in [0.2, 0.25) is 0 Å². The molecule has 0 aliphatic heterocycles. The van der Waals surface area contributed by atoms with Crippen LogP contribution in [0.3, 0.4) is 0 Å². The number of anilines is 1. The monoisotopic (exact) mass is 405 g/mol. The molecule has 30 heavy (non-hydrogen) atoms. The van der Waals surface area contributed by atoms with E-state index in [1.54, 1.807) is 21.3 Å². The molecule has 0 fully saturated rings. The highest BCUT2D eigenvalue weighted by Crippen LogP contribution is 2.38. The highest BCUT2D eigenvalue weighted by molar-refractivity contribution is 5.93. The van der Waals surface area contributed by atoms with E-state index >= 15 is 0 Å². The fourth-order valence-electron chi connectivity index (χ4n) is 3.36. The van der Waals surface area contributed by atoms with E-state index < -0.39 is 0 Å². The van der Waals surface area contributed by atoms with Crippen molar-refractivity contribution in [1.29, 1.82) is 0 Å². The van der Waals surface area contributed by atoms with E-state index in [1.807, 2.05) is 77.7 Å². The standard InChI is InChI=1S/C25H27NO4/c1-28-22-16-20(17-23(29-2)25(22)30-3)14-15-24(27)26(21-12-8-5-9-13-21)18-19-10-6-4-7-11-19/h4-13,16-17H,14-15,18H2,1-3H3. The fourth-order valence-corrected chi connectivity index (χ4v) is 3.36. The molecule has 0 aliphatic rings. The predicted octanol–water partition coefficient (Wildman–Crippen LogP) is 4.88. The second kappa shape index (κ2) is 10.3. The number of hydrogen-bond acceptors (Lipinski definition) is 4. The van der Waals surface area contributed by atoms with Gasteiger partial charge in [-0.05, 0) is 41.8 Å². The number of methoxy groups -OCH3 is 3. The van der Waals surface area contributed by atoms with Gasteiger partial charge in [0.25, 0.3) is 0 Å². The van der Waals surface area contributed by atoms with E-state index in [9.17, 15) is 4.79 Å². The number of hydrogen-bond donors (Lipinski definition) is 0. The summed E-state index contributed by atoms with van der Waals surface area (Å²) in [6, 6.07) is 23.5. The van der Waals surface area contributed by atoms with Gasteiger partial charge in [0.15, 0.2) is 11.5 Å². The number of carbonyl (C=O) groups excluding carboxylic acids is 1. The van der Waals surface area contributed by atoms with Crippen molar-refractivity contribution in [2.45, 2.75) is 19.4 Å². The summed E-state index contributed by atoms with van der Waals surface area (Å²) in [7, 11) is 4.75. The summed E-state index contributed by atoms with van der Waals surface area (Å²) >= 11 is 0. The van der Waals surface area contributed by atoms with Gasteiger partial charge in [-0.2, -0.15) is 0 Å². The van der Waals surface area contributed by atoms with Gasteiger partial charge >= 0.3 is 0 Å². The number of para-hydroxylation sites is 1. The summed E-state index contributed by atoms with van der Waals surface area (Å²) in [6.07, 6.45) is 0.925. The fraction of sp³-hybridized carbons (Fsp3) is 0.240. The number of benzene rings is 3. The molecule has 3 rings (SSSR count). The van der Waals surface area contributed by atoms with Gasteiger partial charge < -0.3 is 19.1 Å². The van der Waals surface area contributed by atoms with E-state index in [0.717, 1.165) is 16.8 Å². The van der Waals surface area contributed by atoms with Crippen molar-refractivity contribution < 1.29 is 19.0 Å². The van der Waals surface area contributed by atoms with E-state index in [1.165, 1.54) is 0 Å². The first kappa shape index (κ1) is 21.2. The minimum Gasteiger partial charge on any atom is -0.493 e. The Morgan fingerprint density at radius 2 is 1.33 bits per heavy atom. The van der Waals surface area contributed by atoms with E-state index in [2.05, 4.69) is 0 Å². The smallest absolute Gasteiger partial charge is 0.227 e. The van der Waals surface area contributed by atoms with Crippen LogP contribution in [0.1, 0.15) is 17.5 Å². The molecule has 0 atom stereocenters. The topological polar surface area (TPSA) is 48.0 Å². The van der Waals surface area contributed by atoms with E-state index in [-0.39, 0.29) is 5.91 Å². The second-order valence-corrected chi connectivity index (χ2v) is 6.83. The first-order valence-electron chi connectivity index (χ1n) is 9.84. The predicted molar refractivity (Wildman–Crippen MR) is 118 cm³/mol. The highest BCUT2D eigenvalue weighted by atomic mass is 16.5. The summed E-state index contributed by atoms with van der Waals surface area (Å²) in [6.45, 7) is 0.527. The number of amides is 1. The Morgan fingerprint density at radius 3 is 1.87 bits per heavy atom. The number of carbonyl (C=O) groups is 1. The van der Waals surface area contributed by atoms with Gasteiger partial charge in [0, 0.05) is 12.1 Å². The summed E-state index contributed by atoms with van der Waals surface area (Å²) in [5.41, 5.74) is 2.92. The molecule has 0 N–H and O–H groups in total. The van der Waals surface area contributed by atoms with Gasteiger partial charge in [0.1, 0.15) is 0 Å². The lowest BCUT2D eigenvalue weighted by Gasteiger charge is -2.23. The molecule has 156 valence electrons. The Balaban J connectivity index is 1.79. The second-order valence-electron chi connectivity index (χ2n) is 6.83. The Bertz CT molecular complexity index is 932. The van der Waals surface area contributed by atoms with Gasteiger partial charge in [-0.1, -0.05) is 48.5 Å². The molecular formula is C25H27NO4. The lowest BCUT2D eigenvalue weighted by molar-refractivity contribution is -0.118. The molecule has 0 aromatic heterocycles. The largest absolute Gasteiger partial charge is 0.493 e. The molecule has 0 heterocycles. The molecule has 1 amide bonds. The Labute approximate surface area is 177 Å². The zero-order valence-electron chi connectivity index (χ0n) is 17.6. The molecule has 0 saturated heterocycles. The van der Waals surface area contributed by atoms with Crippen LogP contribution < -0.4 is 19.1 Å². The third-order valence-corrected chi connectivity index (χ3v) is 4.90. The van der Waals surface area contributed by atoms with Crippen molar-refractivity contribution in [3.05, 3.63) is 83.9 Å². The summed E-state index contributed by atoms with van der Waals surface area (Å²) in [4.78, 5) is 15.0. The third kappa shape index (κ3) is 5.11. The summed E-state index contributed by atoms with van der Waals surface area (Å²) in [5, 5.41) is 0. The maximum atomic E-state index is 13.2. The van der Waals surface area contributed by atoms with Crippen LogP contribution in [0.25, 0.3) is 0 Å². The van der Waals surface area contributed by atoms with Crippen LogP contribution in [0.4, 0.5) is 5.69 Å². The van der Waals surface area contributed by atoms with Crippen LogP contribution in [0.5, 0.6) is 17.2 Å².